The standard InChI is InChI=1S/C20H18FN/c1-15-3-5-16(6-4-15)17-7-11-19(12-8-17)22(2)20-13-9-18(21)10-14-20/h3-14H,1-2H3. The minimum Gasteiger partial charge on any atom is -0.345 e. The number of anilines is 2. The summed E-state index contributed by atoms with van der Waals surface area (Å²) in [5, 5.41) is 0. The molecule has 3 rings (SSSR count). The predicted molar refractivity (Wildman–Crippen MR) is 91.1 cm³/mol. The second-order valence-corrected chi connectivity index (χ2v) is 5.45. The Labute approximate surface area is 130 Å². The summed E-state index contributed by atoms with van der Waals surface area (Å²) in [5.74, 6) is -0.216. The molecule has 0 spiro atoms. The van der Waals surface area contributed by atoms with Crippen molar-refractivity contribution in [2.24, 2.45) is 0 Å². The van der Waals surface area contributed by atoms with Gasteiger partial charge in [0.25, 0.3) is 0 Å². The van der Waals surface area contributed by atoms with Crippen LogP contribution < -0.4 is 4.90 Å². The van der Waals surface area contributed by atoms with Crippen molar-refractivity contribution in [2.75, 3.05) is 11.9 Å². The van der Waals surface area contributed by atoms with Gasteiger partial charge in [0.1, 0.15) is 5.82 Å². The summed E-state index contributed by atoms with van der Waals surface area (Å²) in [6, 6.07) is 23.4. The molecule has 0 aliphatic heterocycles. The maximum absolute atomic E-state index is 13.0. The first-order valence-corrected chi connectivity index (χ1v) is 7.30. The Balaban J connectivity index is 1.84. The average molecular weight is 291 g/mol. The second-order valence-electron chi connectivity index (χ2n) is 5.45. The Morgan fingerprint density at radius 2 is 1.05 bits per heavy atom. The molecule has 0 aliphatic carbocycles. The van der Waals surface area contributed by atoms with Crippen LogP contribution in [0.2, 0.25) is 0 Å². The SMILES string of the molecule is Cc1ccc(-c2ccc(N(C)c3ccc(F)cc3)cc2)cc1. The van der Waals surface area contributed by atoms with Crippen LogP contribution in [-0.4, -0.2) is 7.05 Å². The molecular weight excluding hydrogens is 273 g/mol. The lowest BCUT2D eigenvalue weighted by atomic mass is 10.0. The highest BCUT2D eigenvalue weighted by Gasteiger charge is 2.05. The fraction of sp³-hybridized carbons (Fsp3) is 0.100. The van der Waals surface area contributed by atoms with E-state index in [1.54, 1.807) is 12.1 Å². The highest BCUT2D eigenvalue weighted by atomic mass is 19.1. The van der Waals surface area contributed by atoms with E-state index in [1.165, 1.54) is 28.8 Å². The van der Waals surface area contributed by atoms with Gasteiger partial charge in [0.15, 0.2) is 0 Å². The van der Waals surface area contributed by atoms with Crippen molar-refractivity contribution in [3.63, 3.8) is 0 Å². The van der Waals surface area contributed by atoms with E-state index in [2.05, 4.69) is 55.5 Å². The number of hydrogen-bond donors (Lipinski definition) is 0. The van der Waals surface area contributed by atoms with E-state index >= 15 is 0 Å². The summed E-state index contributed by atoms with van der Waals surface area (Å²) < 4.78 is 13.0. The fourth-order valence-electron chi connectivity index (χ4n) is 2.44. The van der Waals surface area contributed by atoms with Crippen LogP contribution >= 0.6 is 0 Å². The molecule has 3 aromatic rings. The van der Waals surface area contributed by atoms with Crippen molar-refractivity contribution >= 4 is 11.4 Å². The molecule has 0 heterocycles. The molecule has 0 N–H and O–H groups in total. The molecule has 0 radical (unpaired) electrons. The molecule has 0 fully saturated rings. The summed E-state index contributed by atoms with van der Waals surface area (Å²) in [7, 11) is 1.98. The number of halogens is 1. The second kappa shape index (κ2) is 6.02. The zero-order valence-electron chi connectivity index (χ0n) is 12.8. The van der Waals surface area contributed by atoms with E-state index in [0.29, 0.717) is 0 Å². The maximum atomic E-state index is 13.0. The molecule has 110 valence electrons. The first-order chi connectivity index (χ1) is 10.6. The number of rotatable bonds is 3. The Bertz CT molecular complexity index is 743. The van der Waals surface area contributed by atoms with Gasteiger partial charge in [-0.2, -0.15) is 0 Å². The third kappa shape index (κ3) is 3.01. The van der Waals surface area contributed by atoms with Gasteiger partial charge in [-0.1, -0.05) is 42.0 Å². The van der Waals surface area contributed by atoms with Crippen LogP contribution in [0.5, 0.6) is 0 Å². The minimum absolute atomic E-state index is 0.216. The zero-order chi connectivity index (χ0) is 15.5. The first kappa shape index (κ1) is 14.3. The van der Waals surface area contributed by atoms with Crippen LogP contribution in [0.3, 0.4) is 0 Å². The van der Waals surface area contributed by atoms with Gasteiger partial charge in [0, 0.05) is 18.4 Å². The van der Waals surface area contributed by atoms with Gasteiger partial charge in [-0.05, 0) is 54.4 Å². The van der Waals surface area contributed by atoms with E-state index in [9.17, 15) is 4.39 Å². The van der Waals surface area contributed by atoms with Crippen molar-refractivity contribution in [1.29, 1.82) is 0 Å². The van der Waals surface area contributed by atoms with E-state index in [1.807, 2.05) is 11.9 Å². The van der Waals surface area contributed by atoms with Crippen LogP contribution in [-0.2, 0) is 0 Å². The van der Waals surface area contributed by atoms with E-state index < -0.39 is 0 Å². The van der Waals surface area contributed by atoms with Crippen molar-refractivity contribution in [3.8, 4) is 11.1 Å². The molecule has 0 saturated carbocycles. The highest BCUT2D eigenvalue weighted by molar-refractivity contribution is 5.69. The number of hydrogen-bond acceptors (Lipinski definition) is 1. The van der Waals surface area contributed by atoms with E-state index in [-0.39, 0.29) is 5.82 Å². The summed E-state index contributed by atoms with van der Waals surface area (Å²) in [6.07, 6.45) is 0. The lowest BCUT2D eigenvalue weighted by Gasteiger charge is -2.19. The third-order valence-corrected chi connectivity index (χ3v) is 3.85. The lowest BCUT2D eigenvalue weighted by molar-refractivity contribution is 0.628. The first-order valence-electron chi connectivity index (χ1n) is 7.30. The number of aryl methyl sites for hydroxylation is 1. The van der Waals surface area contributed by atoms with Crippen LogP contribution in [0, 0.1) is 12.7 Å². The molecule has 0 atom stereocenters. The minimum atomic E-state index is -0.216. The predicted octanol–water partition coefficient (Wildman–Crippen LogP) is 5.57. The average Bonchev–Trinajstić information content (AvgIpc) is 2.56. The van der Waals surface area contributed by atoms with Gasteiger partial charge < -0.3 is 4.90 Å². The molecular formula is C20H18FN. The Hall–Kier alpha value is -2.61. The molecule has 2 heteroatoms. The zero-order valence-corrected chi connectivity index (χ0v) is 12.8. The third-order valence-electron chi connectivity index (χ3n) is 3.85. The van der Waals surface area contributed by atoms with E-state index in [0.717, 1.165) is 11.4 Å². The number of benzene rings is 3. The Morgan fingerprint density at radius 3 is 1.55 bits per heavy atom. The summed E-state index contributed by atoms with van der Waals surface area (Å²) in [6.45, 7) is 2.09. The van der Waals surface area contributed by atoms with Crippen LogP contribution in [0.15, 0.2) is 72.8 Å². The molecule has 22 heavy (non-hydrogen) atoms. The van der Waals surface area contributed by atoms with Gasteiger partial charge in [-0.3, -0.25) is 0 Å². The largest absolute Gasteiger partial charge is 0.345 e. The quantitative estimate of drug-likeness (QED) is 0.610. The van der Waals surface area contributed by atoms with Crippen LogP contribution in [0.25, 0.3) is 11.1 Å². The fourth-order valence-corrected chi connectivity index (χ4v) is 2.44. The highest BCUT2D eigenvalue weighted by Crippen LogP contribution is 2.27. The summed E-state index contributed by atoms with van der Waals surface area (Å²) >= 11 is 0. The monoisotopic (exact) mass is 291 g/mol. The van der Waals surface area contributed by atoms with Gasteiger partial charge in [0.2, 0.25) is 0 Å². The molecule has 0 amide bonds. The summed E-state index contributed by atoms with van der Waals surface area (Å²) in [4.78, 5) is 2.04. The van der Waals surface area contributed by atoms with Gasteiger partial charge in [0.05, 0.1) is 0 Å². The van der Waals surface area contributed by atoms with Crippen LogP contribution in [0.4, 0.5) is 15.8 Å². The maximum Gasteiger partial charge on any atom is 0.123 e. The normalized spacial score (nSPS) is 10.5. The molecule has 0 unspecified atom stereocenters. The topological polar surface area (TPSA) is 3.24 Å². The van der Waals surface area contributed by atoms with Crippen LogP contribution in [0.1, 0.15) is 5.56 Å². The molecule has 0 aliphatic rings. The number of nitrogens with zero attached hydrogens (tertiary/aromatic N) is 1. The molecule has 3 aromatic carbocycles. The molecule has 1 nitrogen and oxygen atoms in total. The van der Waals surface area contributed by atoms with Crippen molar-refractivity contribution in [1.82, 2.24) is 0 Å². The van der Waals surface area contributed by atoms with Gasteiger partial charge in [-0.25, -0.2) is 4.39 Å². The smallest absolute Gasteiger partial charge is 0.123 e. The lowest BCUT2D eigenvalue weighted by Crippen LogP contribution is -2.09. The Morgan fingerprint density at radius 1 is 0.636 bits per heavy atom. The summed E-state index contributed by atoms with van der Waals surface area (Å²) in [5.41, 5.74) is 5.70. The Kier molecular flexibility index (Phi) is 3.92. The van der Waals surface area contributed by atoms with Gasteiger partial charge in [-0.15, -0.1) is 0 Å². The van der Waals surface area contributed by atoms with E-state index in [4.69, 9.17) is 0 Å². The molecule has 0 saturated heterocycles. The van der Waals surface area contributed by atoms with Gasteiger partial charge >= 0.3 is 0 Å². The molecule has 0 aromatic heterocycles. The molecule has 0 bridgehead atoms. The van der Waals surface area contributed by atoms with Crippen molar-refractivity contribution in [3.05, 3.63) is 84.2 Å². The van der Waals surface area contributed by atoms with Crippen molar-refractivity contribution < 1.29 is 4.39 Å². The van der Waals surface area contributed by atoms with Crippen molar-refractivity contribution in [2.45, 2.75) is 6.92 Å².